The van der Waals surface area contributed by atoms with Crippen LogP contribution in [-0.2, 0) is 0 Å². The van der Waals surface area contributed by atoms with E-state index < -0.39 is 0 Å². The van der Waals surface area contributed by atoms with Crippen LogP contribution in [0.15, 0.2) is 17.1 Å². The molecule has 0 N–H and O–H groups in total. The van der Waals surface area contributed by atoms with Crippen molar-refractivity contribution in [1.82, 2.24) is 4.90 Å². The molecule has 0 aliphatic carbocycles. The van der Waals surface area contributed by atoms with Gasteiger partial charge in [0.2, 0.25) is 0 Å². The van der Waals surface area contributed by atoms with Gasteiger partial charge < -0.3 is 4.90 Å². The fraction of sp³-hybridized carbons (Fsp3) is 0.364. The molecule has 0 spiro atoms. The first-order valence-electron chi connectivity index (χ1n) is 4.48. The van der Waals surface area contributed by atoms with Crippen molar-refractivity contribution in [2.45, 2.75) is 13.8 Å². The Morgan fingerprint density at radius 3 is 2.43 bits per heavy atom. The van der Waals surface area contributed by atoms with Crippen molar-refractivity contribution in [3.05, 3.63) is 29.1 Å². The van der Waals surface area contributed by atoms with E-state index in [1.807, 2.05) is 25.9 Å². The fourth-order valence-electron chi connectivity index (χ4n) is 1.13. The molecular weight excluding hydrogens is 179 g/mol. The highest BCUT2D eigenvalue weighted by Crippen LogP contribution is 2.21. The zero-order valence-electron chi connectivity index (χ0n) is 9.00. The highest BCUT2D eigenvalue weighted by Gasteiger charge is 2.02. The Labute approximate surface area is 84.1 Å². The molecule has 1 rings (SSSR count). The third kappa shape index (κ3) is 2.55. The van der Waals surface area contributed by atoms with Crippen LogP contribution in [0.2, 0.25) is 0 Å². The molecule has 0 atom stereocenters. The number of aliphatic imine (C=N–C) groups is 1. The Kier molecular flexibility index (Phi) is 3.23. The molecule has 0 bridgehead atoms. The number of hydrogen-bond donors (Lipinski definition) is 0. The van der Waals surface area contributed by atoms with Crippen LogP contribution in [-0.4, -0.2) is 25.3 Å². The maximum atomic E-state index is 13.2. The quantitative estimate of drug-likeness (QED) is 0.522. The fourth-order valence-corrected chi connectivity index (χ4v) is 1.13. The molecule has 14 heavy (non-hydrogen) atoms. The summed E-state index contributed by atoms with van der Waals surface area (Å²) in [5.41, 5.74) is 2.33. The topological polar surface area (TPSA) is 15.6 Å². The molecule has 0 aromatic heterocycles. The van der Waals surface area contributed by atoms with Crippen LogP contribution in [0.3, 0.4) is 0 Å². The summed E-state index contributed by atoms with van der Waals surface area (Å²) >= 11 is 0. The van der Waals surface area contributed by atoms with Crippen LogP contribution in [0.5, 0.6) is 0 Å². The molecule has 0 aliphatic heterocycles. The number of nitrogens with zero attached hydrogens (tertiary/aromatic N) is 2. The molecule has 0 unspecified atom stereocenters. The number of halogens is 1. The molecule has 0 fully saturated rings. The van der Waals surface area contributed by atoms with Gasteiger partial charge in [0.15, 0.2) is 0 Å². The van der Waals surface area contributed by atoms with Gasteiger partial charge in [-0.1, -0.05) is 6.07 Å². The van der Waals surface area contributed by atoms with Gasteiger partial charge in [-0.3, -0.25) is 0 Å². The van der Waals surface area contributed by atoms with Crippen LogP contribution in [0, 0.1) is 19.7 Å². The predicted molar refractivity (Wildman–Crippen MR) is 57.7 cm³/mol. The summed E-state index contributed by atoms with van der Waals surface area (Å²) in [6, 6.07) is 3.27. The first-order valence-corrected chi connectivity index (χ1v) is 4.48. The number of benzene rings is 1. The van der Waals surface area contributed by atoms with Gasteiger partial charge >= 0.3 is 0 Å². The first-order chi connectivity index (χ1) is 6.50. The van der Waals surface area contributed by atoms with Gasteiger partial charge in [0, 0.05) is 20.2 Å². The molecule has 0 saturated heterocycles. The molecule has 0 heterocycles. The Balaban J connectivity index is 3.04. The maximum Gasteiger partial charge on any atom is 0.128 e. The molecule has 0 aliphatic rings. The van der Waals surface area contributed by atoms with Crippen LogP contribution in [0.4, 0.5) is 10.1 Å². The Bertz CT molecular complexity index is 357. The monoisotopic (exact) mass is 194 g/mol. The van der Waals surface area contributed by atoms with E-state index in [1.54, 1.807) is 19.3 Å². The molecule has 0 radical (unpaired) electrons. The van der Waals surface area contributed by atoms with Gasteiger partial charge in [-0.15, -0.1) is 0 Å². The van der Waals surface area contributed by atoms with Gasteiger partial charge in [-0.05, 0) is 25.0 Å². The lowest BCUT2D eigenvalue weighted by Gasteiger charge is -2.05. The summed E-state index contributed by atoms with van der Waals surface area (Å²) in [6.07, 6.45) is 1.66. The lowest BCUT2D eigenvalue weighted by molar-refractivity contribution is 0.618. The standard InChI is InChI=1S/C11H15FN2/c1-8-5-9(2)11(6-10(8)12)13-7-14(3)4/h5-7H,1-4H3. The normalized spacial score (nSPS) is 10.9. The van der Waals surface area contributed by atoms with Crippen molar-refractivity contribution in [3.63, 3.8) is 0 Å². The number of aryl methyl sites for hydroxylation is 2. The maximum absolute atomic E-state index is 13.2. The molecule has 3 heteroatoms. The largest absolute Gasteiger partial charge is 0.369 e. The highest BCUT2D eigenvalue weighted by molar-refractivity contribution is 5.62. The van der Waals surface area contributed by atoms with Gasteiger partial charge in [-0.2, -0.15) is 0 Å². The van der Waals surface area contributed by atoms with Crippen LogP contribution < -0.4 is 0 Å². The van der Waals surface area contributed by atoms with Crippen molar-refractivity contribution in [1.29, 1.82) is 0 Å². The second-order valence-corrected chi connectivity index (χ2v) is 3.60. The van der Waals surface area contributed by atoms with Gasteiger partial charge in [0.25, 0.3) is 0 Å². The van der Waals surface area contributed by atoms with Crippen LogP contribution in [0.25, 0.3) is 0 Å². The minimum Gasteiger partial charge on any atom is -0.369 e. The summed E-state index contributed by atoms with van der Waals surface area (Å²) in [5, 5.41) is 0. The minimum atomic E-state index is -0.207. The summed E-state index contributed by atoms with van der Waals surface area (Å²) in [5.74, 6) is -0.207. The summed E-state index contributed by atoms with van der Waals surface area (Å²) in [4.78, 5) is 5.98. The zero-order chi connectivity index (χ0) is 10.7. The summed E-state index contributed by atoms with van der Waals surface area (Å²) in [7, 11) is 3.76. The Morgan fingerprint density at radius 2 is 1.86 bits per heavy atom. The predicted octanol–water partition coefficient (Wildman–Crippen LogP) is 2.66. The van der Waals surface area contributed by atoms with E-state index in [9.17, 15) is 4.39 Å². The number of rotatable bonds is 2. The minimum absolute atomic E-state index is 0.207. The molecule has 0 amide bonds. The van der Waals surface area contributed by atoms with E-state index in [-0.39, 0.29) is 5.82 Å². The van der Waals surface area contributed by atoms with Crippen molar-refractivity contribution in [3.8, 4) is 0 Å². The average Bonchev–Trinajstić information content (AvgIpc) is 2.09. The molecule has 1 aromatic rings. The van der Waals surface area contributed by atoms with Crippen molar-refractivity contribution < 1.29 is 4.39 Å². The summed E-state index contributed by atoms with van der Waals surface area (Å²) in [6.45, 7) is 3.68. The SMILES string of the molecule is Cc1cc(C)c(N=CN(C)C)cc1F. The second-order valence-electron chi connectivity index (χ2n) is 3.60. The third-order valence-corrected chi connectivity index (χ3v) is 1.90. The van der Waals surface area contributed by atoms with Crippen LogP contribution >= 0.6 is 0 Å². The van der Waals surface area contributed by atoms with E-state index in [4.69, 9.17) is 0 Å². The number of hydrogen-bond acceptors (Lipinski definition) is 1. The molecule has 76 valence electrons. The van der Waals surface area contributed by atoms with Crippen molar-refractivity contribution in [2.75, 3.05) is 14.1 Å². The van der Waals surface area contributed by atoms with E-state index in [2.05, 4.69) is 4.99 Å². The van der Waals surface area contributed by atoms with E-state index in [0.29, 0.717) is 11.3 Å². The zero-order valence-corrected chi connectivity index (χ0v) is 9.00. The van der Waals surface area contributed by atoms with Gasteiger partial charge in [0.05, 0.1) is 12.0 Å². The average molecular weight is 194 g/mol. The first kappa shape index (κ1) is 10.7. The van der Waals surface area contributed by atoms with Crippen LogP contribution in [0.1, 0.15) is 11.1 Å². The third-order valence-electron chi connectivity index (χ3n) is 1.90. The van der Waals surface area contributed by atoms with Crippen molar-refractivity contribution >= 4 is 12.0 Å². The van der Waals surface area contributed by atoms with Gasteiger partial charge in [-0.25, -0.2) is 9.38 Å². The smallest absolute Gasteiger partial charge is 0.128 e. The Hall–Kier alpha value is -1.38. The molecule has 0 saturated carbocycles. The second kappa shape index (κ2) is 4.22. The van der Waals surface area contributed by atoms with E-state index in [1.165, 1.54) is 6.07 Å². The Morgan fingerprint density at radius 1 is 1.21 bits per heavy atom. The van der Waals surface area contributed by atoms with E-state index >= 15 is 0 Å². The van der Waals surface area contributed by atoms with E-state index in [0.717, 1.165) is 5.56 Å². The molecule has 1 aromatic carbocycles. The summed E-state index contributed by atoms with van der Waals surface area (Å²) < 4.78 is 13.2. The lowest BCUT2D eigenvalue weighted by atomic mass is 10.1. The van der Waals surface area contributed by atoms with Gasteiger partial charge in [0.1, 0.15) is 5.82 Å². The van der Waals surface area contributed by atoms with Crippen molar-refractivity contribution in [2.24, 2.45) is 4.99 Å². The molecular formula is C11H15FN2. The lowest BCUT2D eigenvalue weighted by Crippen LogP contribution is -2.07. The molecule has 2 nitrogen and oxygen atoms in total. The highest BCUT2D eigenvalue weighted by atomic mass is 19.1.